The lowest BCUT2D eigenvalue weighted by Gasteiger charge is -2.11. The van der Waals surface area contributed by atoms with Crippen molar-refractivity contribution in [1.82, 2.24) is 9.44 Å². The molecule has 8 nitrogen and oxygen atoms in total. The van der Waals surface area contributed by atoms with E-state index in [1.54, 1.807) is 0 Å². The molecule has 120 valence electrons. The molecule has 0 aromatic heterocycles. The van der Waals surface area contributed by atoms with Crippen molar-refractivity contribution in [2.75, 3.05) is 27.3 Å². The van der Waals surface area contributed by atoms with Crippen molar-refractivity contribution in [2.24, 2.45) is 0 Å². The molecular weight excluding hydrogens is 320 g/mol. The van der Waals surface area contributed by atoms with E-state index in [2.05, 4.69) is 14.2 Å². The topological polar surface area (TPSA) is 122 Å². The highest BCUT2D eigenvalue weighted by Crippen LogP contribution is 2.14. The summed E-state index contributed by atoms with van der Waals surface area (Å²) in [6, 6.07) is 4.72. The Balaban J connectivity index is 2.86. The highest BCUT2D eigenvalue weighted by atomic mass is 32.2. The van der Waals surface area contributed by atoms with E-state index in [4.69, 9.17) is 0 Å². The Morgan fingerprint density at radius 3 is 2.00 bits per heavy atom. The van der Waals surface area contributed by atoms with E-state index in [0.29, 0.717) is 0 Å². The molecule has 0 aliphatic heterocycles. The van der Waals surface area contributed by atoms with Gasteiger partial charge in [0.1, 0.15) is 0 Å². The second kappa shape index (κ2) is 7.29. The quantitative estimate of drug-likeness (QED) is 0.552. The van der Waals surface area contributed by atoms with Crippen LogP contribution in [0.4, 0.5) is 0 Å². The first kappa shape index (κ1) is 18.0. The van der Waals surface area contributed by atoms with Crippen LogP contribution < -0.4 is 9.44 Å². The summed E-state index contributed by atoms with van der Waals surface area (Å²) in [5.74, 6) is 0. The van der Waals surface area contributed by atoms with Gasteiger partial charge < -0.3 is 9.84 Å². The number of hydrogen-bond acceptors (Lipinski definition) is 6. The number of nitrogens with one attached hydrogen (secondary N) is 2. The summed E-state index contributed by atoms with van der Waals surface area (Å²) in [7, 11) is -4.79. The van der Waals surface area contributed by atoms with Gasteiger partial charge in [-0.2, -0.15) is 0 Å². The molecule has 1 aromatic carbocycles. The Labute approximate surface area is 124 Å². The van der Waals surface area contributed by atoms with E-state index >= 15 is 0 Å². The Morgan fingerprint density at radius 2 is 1.57 bits per heavy atom. The minimum atomic E-state index is -3.82. The molecule has 0 aliphatic carbocycles. The van der Waals surface area contributed by atoms with Gasteiger partial charge in [0.2, 0.25) is 20.0 Å². The predicted molar refractivity (Wildman–Crippen MR) is 75.8 cm³/mol. The van der Waals surface area contributed by atoms with Gasteiger partial charge in [-0.15, -0.1) is 0 Å². The number of benzene rings is 1. The molecule has 0 bridgehead atoms. The smallest absolute Gasteiger partial charge is 0.240 e. The standard InChI is InChI=1S/C11H18N2O6S2/c1-12-20(15,16)10-3-5-11(6-4-10)21(17,18)13-7-9(14)8-19-2/h3-6,9,12-14H,7-8H2,1-2H3. The largest absolute Gasteiger partial charge is 0.389 e. The molecule has 0 heterocycles. The van der Waals surface area contributed by atoms with Gasteiger partial charge in [0, 0.05) is 13.7 Å². The first-order chi connectivity index (χ1) is 9.73. The summed E-state index contributed by atoms with van der Waals surface area (Å²) in [5, 5.41) is 9.40. The third-order valence-corrected chi connectivity index (χ3v) is 5.45. The molecule has 0 saturated heterocycles. The van der Waals surface area contributed by atoms with Crippen LogP contribution in [0.2, 0.25) is 0 Å². The third-order valence-electron chi connectivity index (χ3n) is 2.58. The van der Waals surface area contributed by atoms with Crippen molar-refractivity contribution in [3.05, 3.63) is 24.3 Å². The second-order valence-electron chi connectivity index (χ2n) is 4.14. The van der Waals surface area contributed by atoms with Crippen LogP contribution in [-0.2, 0) is 24.8 Å². The molecule has 21 heavy (non-hydrogen) atoms. The van der Waals surface area contributed by atoms with Gasteiger partial charge in [-0.25, -0.2) is 26.3 Å². The summed E-state index contributed by atoms with van der Waals surface area (Å²) >= 11 is 0. The molecule has 0 saturated carbocycles. The van der Waals surface area contributed by atoms with Crippen LogP contribution in [0.1, 0.15) is 0 Å². The van der Waals surface area contributed by atoms with Crippen LogP contribution in [0.25, 0.3) is 0 Å². The molecule has 0 radical (unpaired) electrons. The fourth-order valence-corrected chi connectivity index (χ4v) is 3.26. The van der Waals surface area contributed by atoms with E-state index in [0.717, 1.165) is 0 Å². The monoisotopic (exact) mass is 338 g/mol. The number of aliphatic hydroxyl groups excluding tert-OH is 1. The molecule has 1 aromatic rings. The molecule has 1 rings (SSSR count). The first-order valence-corrected chi connectivity index (χ1v) is 8.90. The fourth-order valence-electron chi connectivity index (χ4n) is 1.46. The number of rotatable bonds is 8. The van der Waals surface area contributed by atoms with Crippen molar-refractivity contribution in [3.8, 4) is 0 Å². The van der Waals surface area contributed by atoms with Crippen molar-refractivity contribution in [3.63, 3.8) is 0 Å². The van der Waals surface area contributed by atoms with Gasteiger partial charge in [0.25, 0.3) is 0 Å². The number of ether oxygens (including phenoxy) is 1. The Bertz CT molecular complexity index is 654. The second-order valence-corrected chi connectivity index (χ2v) is 7.79. The van der Waals surface area contributed by atoms with E-state index in [9.17, 15) is 21.9 Å². The van der Waals surface area contributed by atoms with Crippen molar-refractivity contribution in [1.29, 1.82) is 0 Å². The fraction of sp³-hybridized carbons (Fsp3) is 0.455. The van der Waals surface area contributed by atoms with Gasteiger partial charge in [0.15, 0.2) is 0 Å². The van der Waals surface area contributed by atoms with Crippen LogP contribution in [0.15, 0.2) is 34.1 Å². The lowest BCUT2D eigenvalue weighted by Crippen LogP contribution is -2.34. The Morgan fingerprint density at radius 1 is 1.10 bits per heavy atom. The summed E-state index contributed by atoms with van der Waals surface area (Å²) in [6.07, 6.45) is -0.964. The normalized spacial score (nSPS) is 14.0. The van der Waals surface area contributed by atoms with E-state index < -0.39 is 26.2 Å². The average molecular weight is 338 g/mol. The number of methoxy groups -OCH3 is 1. The Kier molecular flexibility index (Phi) is 6.25. The van der Waals surface area contributed by atoms with Gasteiger partial charge in [-0.1, -0.05) is 0 Å². The maximum atomic E-state index is 11.9. The van der Waals surface area contributed by atoms with E-state index in [1.165, 1.54) is 38.4 Å². The van der Waals surface area contributed by atoms with Crippen LogP contribution in [0, 0.1) is 0 Å². The van der Waals surface area contributed by atoms with Crippen molar-refractivity contribution in [2.45, 2.75) is 15.9 Å². The summed E-state index contributed by atoms with van der Waals surface area (Å²) in [6.45, 7) is -0.200. The van der Waals surface area contributed by atoms with Crippen LogP contribution in [-0.4, -0.2) is 55.4 Å². The lowest BCUT2D eigenvalue weighted by molar-refractivity contribution is 0.0679. The number of aliphatic hydroxyl groups is 1. The predicted octanol–water partition coefficient (Wildman–Crippen LogP) is -1.12. The molecule has 0 aliphatic rings. The molecule has 0 fully saturated rings. The Hall–Kier alpha value is -1.04. The summed E-state index contributed by atoms with van der Waals surface area (Å²) in [5.41, 5.74) is 0. The van der Waals surface area contributed by atoms with Gasteiger partial charge in [-0.05, 0) is 31.3 Å². The van der Waals surface area contributed by atoms with Gasteiger partial charge in [-0.3, -0.25) is 0 Å². The van der Waals surface area contributed by atoms with Crippen molar-refractivity contribution < 1.29 is 26.7 Å². The van der Waals surface area contributed by atoms with Gasteiger partial charge in [0.05, 0.1) is 22.5 Å². The average Bonchev–Trinajstić information content (AvgIpc) is 2.46. The summed E-state index contributed by atoms with van der Waals surface area (Å²) < 4.78 is 56.0. The van der Waals surface area contributed by atoms with Gasteiger partial charge >= 0.3 is 0 Å². The molecule has 0 spiro atoms. The molecule has 3 N–H and O–H groups in total. The first-order valence-electron chi connectivity index (χ1n) is 5.93. The minimum Gasteiger partial charge on any atom is -0.389 e. The number of hydrogen-bond donors (Lipinski definition) is 3. The van der Waals surface area contributed by atoms with Crippen LogP contribution >= 0.6 is 0 Å². The zero-order valence-electron chi connectivity index (χ0n) is 11.6. The maximum absolute atomic E-state index is 11.9. The third kappa shape index (κ3) is 5.02. The highest BCUT2D eigenvalue weighted by molar-refractivity contribution is 7.90. The van der Waals surface area contributed by atoms with Crippen LogP contribution in [0.3, 0.4) is 0 Å². The molecule has 1 unspecified atom stereocenters. The zero-order chi connectivity index (χ0) is 16.1. The molecular formula is C11H18N2O6S2. The molecule has 1 atom stereocenters. The van der Waals surface area contributed by atoms with Crippen LogP contribution in [0.5, 0.6) is 0 Å². The molecule has 10 heteroatoms. The van der Waals surface area contributed by atoms with Crippen molar-refractivity contribution >= 4 is 20.0 Å². The van der Waals surface area contributed by atoms with E-state index in [-0.39, 0.29) is 22.9 Å². The SMILES string of the molecule is CNS(=O)(=O)c1ccc(S(=O)(=O)NCC(O)COC)cc1. The number of sulfonamides is 2. The summed E-state index contributed by atoms with van der Waals surface area (Å²) in [4.78, 5) is -0.134. The maximum Gasteiger partial charge on any atom is 0.240 e. The molecule has 0 amide bonds. The van der Waals surface area contributed by atoms with E-state index in [1.807, 2.05) is 0 Å². The lowest BCUT2D eigenvalue weighted by atomic mass is 10.4. The zero-order valence-corrected chi connectivity index (χ0v) is 13.2. The minimum absolute atomic E-state index is 0.00186. The highest BCUT2D eigenvalue weighted by Gasteiger charge is 2.17.